The molecular formula is C14H18FNO4. The first-order valence-electron chi connectivity index (χ1n) is 6.07. The molecule has 0 aliphatic heterocycles. The Morgan fingerprint density at radius 3 is 2.65 bits per heavy atom. The summed E-state index contributed by atoms with van der Waals surface area (Å²) in [6.07, 6.45) is -0.319. The smallest absolute Gasteiger partial charge is 0.305 e. The Balaban J connectivity index is 2.95. The van der Waals surface area contributed by atoms with Crippen LogP contribution < -0.4 is 5.32 Å². The average Bonchev–Trinajstić information content (AvgIpc) is 2.30. The number of halogens is 1. The second-order valence-corrected chi connectivity index (χ2v) is 5.00. The minimum Gasteiger partial charge on any atom is -0.481 e. The Labute approximate surface area is 116 Å². The standard InChI is InChI=1S/C14H18FNO4/c1-9-4-5-11(15)10(6-9)13(19)16-14(2,8-20-3)7-12(17)18/h4-6H,7-8H2,1-3H3,(H,16,19)(H,17,18). The van der Waals surface area contributed by atoms with Gasteiger partial charge in [0.2, 0.25) is 0 Å². The van der Waals surface area contributed by atoms with E-state index in [1.54, 1.807) is 13.0 Å². The van der Waals surface area contributed by atoms with E-state index in [9.17, 15) is 14.0 Å². The molecule has 0 aliphatic carbocycles. The van der Waals surface area contributed by atoms with Crippen LogP contribution >= 0.6 is 0 Å². The van der Waals surface area contributed by atoms with Gasteiger partial charge in [-0.15, -0.1) is 0 Å². The minimum atomic E-state index is -1.10. The quantitative estimate of drug-likeness (QED) is 0.834. The SMILES string of the molecule is COCC(C)(CC(=O)O)NC(=O)c1cc(C)ccc1F. The first-order chi connectivity index (χ1) is 9.27. The summed E-state index contributed by atoms with van der Waals surface area (Å²) >= 11 is 0. The van der Waals surface area contributed by atoms with Gasteiger partial charge >= 0.3 is 5.97 Å². The lowest BCUT2D eigenvalue weighted by molar-refractivity contribution is -0.139. The Hall–Kier alpha value is -1.95. The highest BCUT2D eigenvalue weighted by Crippen LogP contribution is 2.15. The highest BCUT2D eigenvalue weighted by atomic mass is 19.1. The molecule has 1 atom stereocenters. The van der Waals surface area contributed by atoms with Crippen molar-refractivity contribution < 1.29 is 23.8 Å². The van der Waals surface area contributed by atoms with Crippen molar-refractivity contribution >= 4 is 11.9 Å². The molecule has 0 bridgehead atoms. The summed E-state index contributed by atoms with van der Waals surface area (Å²) in [7, 11) is 1.40. The molecule has 0 spiro atoms. The van der Waals surface area contributed by atoms with E-state index in [1.165, 1.54) is 26.2 Å². The van der Waals surface area contributed by atoms with Crippen molar-refractivity contribution in [1.82, 2.24) is 5.32 Å². The monoisotopic (exact) mass is 283 g/mol. The van der Waals surface area contributed by atoms with E-state index >= 15 is 0 Å². The van der Waals surface area contributed by atoms with Crippen molar-refractivity contribution in [2.75, 3.05) is 13.7 Å². The van der Waals surface area contributed by atoms with Crippen molar-refractivity contribution in [1.29, 1.82) is 0 Å². The molecule has 2 N–H and O–H groups in total. The number of hydrogen-bond donors (Lipinski definition) is 2. The molecule has 1 aromatic carbocycles. The number of nitrogens with one attached hydrogen (secondary N) is 1. The topological polar surface area (TPSA) is 75.6 Å². The molecule has 0 saturated heterocycles. The summed E-state index contributed by atoms with van der Waals surface area (Å²) in [6.45, 7) is 3.29. The van der Waals surface area contributed by atoms with E-state index in [0.717, 1.165) is 5.56 Å². The summed E-state index contributed by atoms with van der Waals surface area (Å²) < 4.78 is 18.6. The van der Waals surface area contributed by atoms with Gasteiger partial charge in [0.05, 0.1) is 24.1 Å². The lowest BCUT2D eigenvalue weighted by atomic mass is 9.98. The fraction of sp³-hybridized carbons (Fsp3) is 0.429. The minimum absolute atomic E-state index is 0.0124. The van der Waals surface area contributed by atoms with Crippen molar-refractivity contribution in [2.45, 2.75) is 25.8 Å². The van der Waals surface area contributed by atoms with Gasteiger partial charge in [-0.2, -0.15) is 0 Å². The molecule has 1 aromatic rings. The van der Waals surface area contributed by atoms with Crippen molar-refractivity contribution in [3.05, 3.63) is 35.1 Å². The molecule has 20 heavy (non-hydrogen) atoms. The molecule has 0 saturated carbocycles. The molecule has 0 aliphatic rings. The van der Waals surface area contributed by atoms with E-state index in [4.69, 9.17) is 9.84 Å². The van der Waals surface area contributed by atoms with Crippen LogP contribution in [-0.2, 0) is 9.53 Å². The maximum atomic E-state index is 13.6. The number of aliphatic carboxylic acids is 1. The van der Waals surface area contributed by atoms with E-state index in [0.29, 0.717) is 0 Å². The molecule has 6 heteroatoms. The molecule has 0 fully saturated rings. The number of carbonyl (C=O) groups is 2. The number of carbonyl (C=O) groups excluding carboxylic acids is 1. The van der Waals surface area contributed by atoms with Crippen molar-refractivity contribution in [3.63, 3.8) is 0 Å². The van der Waals surface area contributed by atoms with Gasteiger partial charge in [0, 0.05) is 7.11 Å². The van der Waals surface area contributed by atoms with Gasteiger partial charge in [0.25, 0.3) is 5.91 Å². The molecule has 5 nitrogen and oxygen atoms in total. The van der Waals surface area contributed by atoms with Crippen LogP contribution in [0.5, 0.6) is 0 Å². The number of carboxylic acid groups (broad SMARTS) is 1. The normalized spacial score (nSPS) is 13.6. The summed E-state index contributed by atoms with van der Waals surface area (Å²) in [4.78, 5) is 22.9. The number of methoxy groups -OCH3 is 1. The summed E-state index contributed by atoms with van der Waals surface area (Å²) in [5.41, 5.74) is -0.477. The molecule has 0 aromatic heterocycles. The summed E-state index contributed by atoms with van der Waals surface area (Å²) in [5, 5.41) is 11.4. The maximum Gasteiger partial charge on any atom is 0.305 e. The maximum absolute atomic E-state index is 13.6. The zero-order valence-electron chi connectivity index (χ0n) is 11.7. The summed E-state index contributed by atoms with van der Waals surface area (Å²) in [5.74, 6) is -2.38. The first kappa shape index (κ1) is 16.1. The second-order valence-electron chi connectivity index (χ2n) is 5.00. The van der Waals surface area contributed by atoms with Crippen LogP contribution in [0.4, 0.5) is 4.39 Å². The van der Waals surface area contributed by atoms with E-state index in [-0.39, 0.29) is 18.6 Å². The van der Waals surface area contributed by atoms with Crippen LogP contribution in [0.1, 0.15) is 29.3 Å². The van der Waals surface area contributed by atoms with Gasteiger partial charge in [0.15, 0.2) is 0 Å². The molecule has 0 heterocycles. The van der Waals surface area contributed by atoms with Crippen LogP contribution in [0.25, 0.3) is 0 Å². The third kappa shape index (κ3) is 4.31. The molecular weight excluding hydrogens is 265 g/mol. The van der Waals surface area contributed by atoms with Crippen LogP contribution in [0.2, 0.25) is 0 Å². The van der Waals surface area contributed by atoms with Gasteiger partial charge < -0.3 is 15.2 Å². The first-order valence-corrected chi connectivity index (χ1v) is 6.07. The fourth-order valence-electron chi connectivity index (χ4n) is 1.94. The second kappa shape index (κ2) is 6.47. The Bertz CT molecular complexity index is 518. The molecule has 1 unspecified atom stereocenters. The Kier molecular flexibility index (Phi) is 5.21. The molecule has 0 radical (unpaired) electrons. The predicted octanol–water partition coefficient (Wildman–Crippen LogP) is 1.74. The number of rotatable bonds is 6. The highest BCUT2D eigenvalue weighted by molar-refractivity contribution is 5.95. The lowest BCUT2D eigenvalue weighted by Gasteiger charge is -2.28. The number of benzene rings is 1. The number of amides is 1. The largest absolute Gasteiger partial charge is 0.481 e. The average molecular weight is 283 g/mol. The van der Waals surface area contributed by atoms with Crippen LogP contribution in [0, 0.1) is 12.7 Å². The van der Waals surface area contributed by atoms with Gasteiger partial charge in [-0.1, -0.05) is 11.6 Å². The van der Waals surface area contributed by atoms with E-state index in [2.05, 4.69) is 5.32 Å². The summed E-state index contributed by atoms with van der Waals surface area (Å²) in [6, 6.07) is 4.17. The van der Waals surface area contributed by atoms with Crippen LogP contribution in [0.3, 0.4) is 0 Å². The molecule has 110 valence electrons. The number of hydrogen-bond acceptors (Lipinski definition) is 3. The van der Waals surface area contributed by atoms with Crippen molar-refractivity contribution in [2.24, 2.45) is 0 Å². The fourth-order valence-corrected chi connectivity index (χ4v) is 1.94. The third-order valence-electron chi connectivity index (χ3n) is 2.79. The number of carboxylic acids is 1. The van der Waals surface area contributed by atoms with Gasteiger partial charge in [-0.05, 0) is 26.0 Å². The van der Waals surface area contributed by atoms with Gasteiger partial charge in [-0.3, -0.25) is 9.59 Å². The predicted molar refractivity (Wildman–Crippen MR) is 71.1 cm³/mol. The lowest BCUT2D eigenvalue weighted by Crippen LogP contribution is -2.51. The third-order valence-corrected chi connectivity index (χ3v) is 2.79. The molecule has 1 amide bonds. The zero-order chi connectivity index (χ0) is 15.3. The van der Waals surface area contributed by atoms with E-state index < -0.39 is 23.2 Å². The van der Waals surface area contributed by atoms with Crippen LogP contribution in [0.15, 0.2) is 18.2 Å². The number of aryl methyl sites for hydroxylation is 1. The Morgan fingerprint density at radius 1 is 1.45 bits per heavy atom. The number of ether oxygens (including phenoxy) is 1. The van der Waals surface area contributed by atoms with Gasteiger partial charge in [0.1, 0.15) is 5.82 Å². The van der Waals surface area contributed by atoms with Crippen molar-refractivity contribution in [3.8, 4) is 0 Å². The van der Waals surface area contributed by atoms with E-state index in [1.807, 2.05) is 0 Å². The molecule has 1 rings (SSSR count). The Morgan fingerprint density at radius 2 is 2.10 bits per heavy atom. The zero-order valence-corrected chi connectivity index (χ0v) is 11.7. The van der Waals surface area contributed by atoms with Gasteiger partial charge in [-0.25, -0.2) is 4.39 Å². The highest BCUT2D eigenvalue weighted by Gasteiger charge is 2.30. The van der Waals surface area contributed by atoms with Crippen LogP contribution in [-0.4, -0.2) is 36.2 Å².